The third-order valence-electron chi connectivity index (χ3n) is 2.49. The molecule has 1 aliphatic heterocycles. The monoisotopic (exact) mass is 227 g/mol. The quantitative estimate of drug-likeness (QED) is 0.735. The first-order chi connectivity index (χ1) is 6.59. The maximum absolute atomic E-state index is 5.72. The SMILES string of the molecule is CC(C)(C)c1cccc2c1OCCN2.Cl. The number of para-hydroxylation sites is 1. The highest BCUT2D eigenvalue weighted by atomic mass is 35.5. The summed E-state index contributed by atoms with van der Waals surface area (Å²) >= 11 is 0. The van der Waals surface area contributed by atoms with E-state index in [9.17, 15) is 0 Å². The molecule has 0 amide bonds. The van der Waals surface area contributed by atoms with E-state index in [1.54, 1.807) is 0 Å². The summed E-state index contributed by atoms with van der Waals surface area (Å²) in [5.74, 6) is 1.03. The molecule has 15 heavy (non-hydrogen) atoms. The van der Waals surface area contributed by atoms with Gasteiger partial charge in [0.05, 0.1) is 5.69 Å². The molecule has 84 valence electrons. The fourth-order valence-corrected chi connectivity index (χ4v) is 1.76. The molecule has 0 fully saturated rings. The smallest absolute Gasteiger partial charge is 0.146 e. The molecule has 0 atom stereocenters. The molecule has 1 aliphatic rings. The lowest BCUT2D eigenvalue weighted by Gasteiger charge is -2.27. The molecule has 0 spiro atoms. The molecular formula is C12H18ClNO. The number of fused-ring (bicyclic) bond motifs is 1. The van der Waals surface area contributed by atoms with Crippen LogP contribution >= 0.6 is 12.4 Å². The summed E-state index contributed by atoms with van der Waals surface area (Å²) in [6, 6.07) is 6.30. The Balaban J connectivity index is 0.00000112. The molecule has 0 aromatic heterocycles. The zero-order chi connectivity index (χ0) is 10.2. The Morgan fingerprint density at radius 3 is 2.67 bits per heavy atom. The standard InChI is InChI=1S/C12H17NO.ClH/c1-12(2,3)9-5-4-6-10-11(9)14-8-7-13-10;/h4-6,13H,7-8H2,1-3H3;1H. The second-order valence-electron chi connectivity index (χ2n) is 4.71. The Bertz CT molecular complexity index is 344. The predicted octanol–water partition coefficient (Wildman–Crippen LogP) is 3.21. The Hall–Kier alpha value is -0.890. The van der Waals surface area contributed by atoms with E-state index in [-0.39, 0.29) is 17.8 Å². The van der Waals surface area contributed by atoms with Crippen molar-refractivity contribution < 1.29 is 4.74 Å². The maximum Gasteiger partial charge on any atom is 0.146 e. The van der Waals surface area contributed by atoms with E-state index in [4.69, 9.17) is 4.74 Å². The lowest BCUT2D eigenvalue weighted by molar-refractivity contribution is 0.314. The first-order valence-electron chi connectivity index (χ1n) is 5.09. The van der Waals surface area contributed by atoms with Crippen molar-refractivity contribution in [3.63, 3.8) is 0 Å². The van der Waals surface area contributed by atoms with E-state index in [2.05, 4.69) is 44.3 Å². The molecule has 0 bridgehead atoms. The predicted molar refractivity (Wildman–Crippen MR) is 66.4 cm³/mol. The minimum atomic E-state index is 0. The van der Waals surface area contributed by atoms with Gasteiger partial charge in [0, 0.05) is 12.1 Å². The Morgan fingerprint density at radius 2 is 2.00 bits per heavy atom. The van der Waals surface area contributed by atoms with Gasteiger partial charge in [0.25, 0.3) is 0 Å². The van der Waals surface area contributed by atoms with Crippen LogP contribution in [0.2, 0.25) is 0 Å². The number of hydrogen-bond donors (Lipinski definition) is 1. The molecule has 2 rings (SSSR count). The molecule has 1 heterocycles. The Kier molecular flexibility index (Phi) is 3.50. The van der Waals surface area contributed by atoms with Crippen LogP contribution in [0, 0.1) is 0 Å². The van der Waals surface area contributed by atoms with Gasteiger partial charge in [0.15, 0.2) is 0 Å². The van der Waals surface area contributed by atoms with E-state index in [1.165, 1.54) is 5.56 Å². The molecule has 0 saturated carbocycles. The van der Waals surface area contributed by atoms with Crippen molar-refractivity contribution in [3.8, 4) is 5.75 Å². The van der Waals surface area contributed by atoms with Crippen LogP contribution in [0.25, 0.3) is 0 Å². The van der Waals surface area contributed by atoms with Crippen LogP contribution in [0.4, 0.5) is 5.69 Å². The highest BCUT2D eigenvalue weighted by Crippen LogP contribution is 2.38. The van der Waals surface area contributed by atoms with Crippen LogP contribution in [0.5, 0.6) is 5.75 Å². The van der Waals surface area contributed by atoms with Crippen LogP contribution in [0.3, 0.4) is 0 Å². The van der Waals surface area contributed by atoms with E-state index < -0.39 is 0 Å². The average Bonchev–Trinajstić information content (AvgIpc) is 2.15. The minimum absolute atomic E-state index is 0. The fraction of sp³-hybridized carbons (Fsp3) is 0.500. The van der Waals surface area contributed by atoms with Gasteiger partial charge in [-0.05, 0) is 11.5 Å². The van der Waals surface area contributed by atoms with Gasteiger partial charge in [-0.1, -0.05) is 32.9 Å². The molecule has 2 nitrogen and oxygen atoms in total. The third kappa shape index (κ3) is 2.37. The number of rotatable bonds is 0. The summed E-state index contributed by atoms with van der Waals surface area (Å²) in [6.07, 6.45) is 0. The minimum Gasteiger partial charge on any atom is -0.489 e. The van der Waals surface area contributed by atoms with Crippen molar-refractivity contribution in [2.75, 3.05) is 18.5 Å². The Labute approximate surface area is 97.4 Å². The molecule has 1 aromatic carbocycles. The van der Waals surface area contributed by atoms with Gasteiger partial charge < -0.3 is 10.1 Å². The molecular weight excluding hydrogens is 210 g/mol. The number of ether oxygens (including phenoxy) is 1. The first-order valence-corrected chi connectivity index (χ1v) is 5.09. The zero-order valence-corrected chi connectivity index (χ0v) is 10.3. The second kappa shape index (κ2) is 4.31. The van der Waals surface area contributed by atoms with Crippen molar-refractivity contribution in [2.24, 2.45) is 0 Å². The van der Waals surface area contributed by atoms with Crippen molar-refractivity contribution in [1.29, 1.82) is 0 Å². The fourth-order valence-electron chi connectivity index (χ4n) is 1.76. The molecule has 0 saturated heterocycles. The van der Waals surface area contributed by atoms with Gasteiger partial charge in [-0.3, -0.25) is 0 Å². The number of hydrogen-bond acceptors (Lipinski definition) is 2. The van der Waals surface area contributed by atoms with Crippen molar-refractivity contribution >= 4 is 18.1 Å². The van der Waals surface area contributed by atoms with Crippen molar-refractivity contribution in [1.82, 2.24) is 0 Å². The average molecular weight is 228 g/mol. The molecule has 0 radical (unpaired) electrons. The van der Waals surface area contributed by atoms with Gasteiger partial charge in [-0.25, -0.2) is 0 Å². The summed E-state index contributed by atoms with van der Waals surface area (Å²) in [4.78, 5) is 0. The van der Waals surface area contributed by atoms with Crippen molar-refractivity contribution in [3.05, 3.63) is 23.8 Å². The highest BCUT2D eigenvalue weighted by Gasteiger charge is 2.22. The number of nitrogens with one attached hydrogen (secondary N) is 1. The summed E-state index contributed by atoms with van der Waals surface area (Å²) < 4.78 is 5.72. The molecule has 0 unspecified atom stereocenters. The largest absolute Gasteiger partial charge is 0.489 e. The lowest BCUT2D eigenvalue weighted by Crippen LogP contribution is -2.22. The number of benzene rings is 1. The maximum atomic E-state index is 5.72. The second-order valence-corrected chi connectivity index (χ2v) is 4.71. The number of halogens is 1. The van der Waals surface area contributed by atoms with Crippen molar-refractivity contribution in [2.45, 2.75) is 26.2 Å². The molecule has 3 heteroatoms. The number of anilines is 1. The van der Waals surface area contributed by atoms with E-state index in [1.807, 2.05) is 0 Å². The van der Waals surface area contributed by atoms with Crippen LogP contribution in [-0.4, -0.2) is 13.2 Å². The van der Waals surface area contributed by atoms with Crippen LogP contribution in [0.15, 0.2) is 18.2 Å². The topological polar surface area (TPSA) is 21.3 Å². The molecule has 1 N–H and O–H groups in total. The zero-order valence-electron chi connectivity index (χ0n) is 9.46. The lowest BCUT2D eigenvalue weighted by atomic mass is 9.86. The van der Waals surface area contributed by atoms with Crippen LogP contribution in [0.1, 0.15) is 26.3 Å². The summed E-state index contributed by atoms with van der Waals surface area (Å²) in [5.41, 5.74) is 2.55. The highest BCUT2D eigenvalue weighted by molar-refractivity contribution is 5.85. The van der Waals surface area contributed by atoms with E-state index >= 15 is 0 Å². The Morgan fingerprint density at radius 1 is 1.27 bits per heavy atom. The molecule has 1 aromatic rings. The van der Waals surface area contributed by atoms with Crippen LogP contribution in [-0.2, 0) is 5.41 Å². The normalized spacial score (nSPS) is 14.3. The summed E-state index contributed by atoms with van der Waals surface area (Å²) in [7, 11) is 0. The van der Waals surface area contributed by atoms with E-state index in [0.29, 0.717) is 0 Å². The van der Waals surface area contributed by atoms with E-state index in [0.717, 1.165) is 24.6 Å². The van der Waals surface area contributed by atoms with Gasteiger partial charge >= 0.3 is 0 Å². The summed E-state index contributed by atoms with van der Waals surface area (Å²) in [5, 5.41) is 3.35. The van der Waals surface area contributed by atoms with Gasteiger partial charge in [-0.15, -0.1) is 12.4 Å². The first kappa shape index (κ1) is 12.2. The van der Waals surface area contributed by atoms with Crippen LogP contribution < -0.4 is 10.1 Å². The molecule has 0 aliphatic carbocycles. The van der Waals surface area contributed by atoms with Gasteiger partial charge in [-0.2, -0.15) is 0 Å². The third-order valence-corrected chi connectivity index (χ3v) is 2.49. The van der Waals surface area contributed by atoms with Gasteiger partial charge in [0.2, 0.25) is 0 Å². The summed E-state index contributed by atoms with van der Waals surface area (Å²) in [6.45, 7) is 8.29. The van der Waals surface area contributed by atoms with Gasteiger partial charge in [0.1, 0.15) is 12.4 Å².